The molecule has 3 aromatic heterocycles. The maximum absolute atomic E-state index is 5.72. The minimum atomic E-state index is 0.528. The predicted molar refractivity (Wildman–Crippen MR) is 114 cm³/mol. The summed E-state index contributed by atoms with van der Waals surface area (Å²) in [5.74, 6) is 2.57. The molecule has 7 nitrogen and oxygen atoms in total. The van der Waals surface area contributed by atoms with E-state index in [4.69, 9.17) is 18.9 Å². The quantitative estimate of drug-likeness (QED) is 0.355. The van der Waals surface area contributed by atoms with Crippen molar-refractivity contribution >= 4 is 34.4 Å². The summed E-state index contributed by atoms with van der Waals surface area (Å²) in [6.07, 6.45) is 0.550. The Morgan fingerprint density at radius 3 is 2.66 bits per heavy atom. The van der Waals surface area contributed by atoms with Crippen molar-refractivity contribution in [1.82, 2.24) is 20.2 Å². The Kier molecular flexibility index (Phi) is 6.12. The Hall–Kier alpha value is -2.43. The predicted octanol–water partition coefficient (Wildman–Crippen LogP) is 4.86. The van der Waals surface area contributed by atoms with Gasteiger partial charge in [0.1, 0.15) is 5.01 Å². The van der Waals surface area contributed by atoms with E-state index in [0.717, 1.165) is 27.0 Å². The Bertz CT molecular complexity index is 1110. The third-order valence-corrected chi connectivity index (χ3v) is 6.57. The monoisotopic (exact) mass is 446 g/mol. The van der Waals surface area contributed by atoms with Gasteiger partial charge in [0, 0.05) is 16.5 Å². The van der Waals surface area contributed by atoms with E-state index in [-0.39, 0.29) is 0 Å². The van der Waals surface area contributed by atoms with E-state index in [1.54, 1.807) is 36.9 Å². The molecule has 0 aliphatic carbocycles. The molecule has 0 radical (unpaired) electrons. The summed E-state index contributed by atoms with van der Waals surface area (Å²) in [6.45, 7) is 1.98. The molecule has 1 aromatic carbocycles. The third kappa shape index (κ3) is 4.60. The van der Waals surface area contributed by atoms with Crippen LogP contribution < -0.4 is 9.47 Å². The molecule has 0 aliphatic heterocycles. The number of hydrogen-bond donors (Lipinski definition) is 0. The fourth-order valence-corrected chi connectivity index (χ4v) is 4.93. The van der Waals surface area contributed by atoms with Gasteiger partial charge in [-0.15, -0.1) is 32.9 Å². The zero-order chi connectivity index (χ0) is 20.2. The van der Waals surface area contributed by atoms with Gasteiger partial charge in [0.2, 0.25) is 5.89 Å². The van der Waals surface area contributed by atoms with Crippen LogP contribution >= 0.6 is 34.4 Å². The Morgan fingerprint density at radius 1 is 1.03 bits per heavy atom. The normalized spacial score (nSPS) is 11.0. The molecule has 4 rings (SSSR count). The molecule has 0 fully saturated rings. The average Bonchev–Trinajstić information content (AvgIpc) is 3.47. The van der Waals surface area contributed by atoms with Crippen LogP contribution in [-0.4, -0.2) is 34.4 Å². The zero-order valence-electron chi connectivity index (χ0n) is 16.0. The van der Waals surface area contributed by atoms with Crippen molar-refractivity contribution in [2.75, 3.05) is 14.2 Å². The highest BCUT2D eigenvalue weighted by Crippen LogP contribution is 2.39. The van der Waals surface area contributed by atoms with Gasteiger partial charge in [0.25, 0.3) is 5.22 Å². The first-order valence-electron chi connectivity index (χ1n) is 8.68. The SMILES string of the molecule is COc1cccc(-c2nc(CSc3nnc(Cc4csc(C)n4)o3)cs2)c1OC. The molecule has 4 aromatic rings. The molecule has 0 saturated heterocycles. The van der Waals surface area contributed by atoms with Crippen LogP contribution in [0.1, 0.15) is 22.3 Å². The van der Waals surface area contributed by atoms with Gasteiger partial charge in [-0.05, 0) is 19.1 Å². The number of rotatable bonds is 8. The average molecular weight is 447 g/mol. The minimum absolute atomic E-state index is 0.528. The maximum atomic E-state index is 5.72. The molecule has 3 heterocycles. The van der Waals surface area contributed by atoms with Crippen molar-refractivity contribution in [1.29, 1.82) is 0 Å². The van der Waals surface area contributed by atoms with E-state index in [9.17, 15) is 0 Å². The molecular formula is C19H18N4O3S3. The number of aryl methyl sites for hydroxylation is 1. The number of methoxy groups -OCH3 is 2. The Labute approximate surface area is 180 Å². The van der Waals surface area contributed by atoms with Gasteiger partial charge in [-0.2, -0.15) is 0 Å². The standard InChI is InChI=1S/C19H18N4O3S3/c1-11-20-12(8-27-11)7-16-22-23-19(26-16)29-10-13-9-28-18(21-13)14-5-4-6-15(24-2)17(14)25-3/h4-6,8-9H,7,10H2,1-3H3. The summed E-state index contributed by atoms with van der Waals surface area (Å²) in [5, 5.41) is 14.7. The molecule has 0 saturated carbocycles. The van der Waals surface area contributed by atoms with Gasteiger partial charge < -0.3 is 13.9 Å². The zero-order valence-corrected chi connectivity index (χ0v) is 18.5. The van der Waals surface area contributed by atoms with E-state index in [2.05, 4.69) is 15.2 Å². The topological polar surface area (TPSA) is 83.2 Å². The van der Waals surface area contributed by atoms with Crippen LogP contribution in [0.15, 0.2) is 38.6 Å². The molecule has 0 amide bonds. The lowest BCUT2D eigenvalue weighted by atomic mass is 10.2. The van der Waals surface area contributed by atoms with Gasteiger partial charge in [-0.25, -0.2) is 9.97 Å². The Balaban J connectivity index is 1.42. The second kappa shape index (κ2) is 8.93. The summed E-state index contributed by atoms with van der Waals surface area (Å²) < 4.78 is 16.6. The molecule has 0 spiro atoms. The first-order valence-corrected chi connectivity index (χ1v) is 11.4. The second-order valence-corrected chi connectivity index (χ2v) is 8.82. The van der Waals surface area contributed by atoms with Gasteiger partial charge in [-0.1, -0.05) is 17.8 Å². The molecule has 0 aliphatic rings. The second-order valence-electron chi connectivity index (χ2n) is 5.97. The van der Waals surface area contributed by atoms with Crippen molar-refractivity contribution < 1.29 is 13.9 Å². The van der Waals surface area contributed by atoms with Crippen LogP contribution in [0.2, 0.25) is 0 Å². The van der Waals surface area contributed by atoms with Gasteiger partial charge in [0.05, 0.1) is 42.6 Å². The minimum Gasteiger partial charge on any atom is -0.493 e. The van der Waals surface area contributed by atoms with Crippen LogP contribution in [-0.2, 0) is 12.2 Å². The number of benzene rings is 1. The number of thioether (sulfide) groups is 1. The van der Waals surface area contributed by atoms with Crippen molar-refractivity contribution in [3.05, 3.63) is 51.2 Å². The van der Waals surface area contributed by atoms with Crippen molar-refractivity contribution in [3.8, 4) is 22.1 Å². The lowest BCUT2D eigenvalue weighted by molar-refractivity contribution is 0.356. The van der Waals surface area contributed by atoms with E-state index in [1.807, 2.05) is 35.9 Å². The molecule has 0 N–H and O–H groups in total. The van der Waals surface area contributed by atoms with E-state index in [1.165, 1.54) is 11.8 Å². The van der Waals surface area contributed by atoms with E-state index >= 15 is 0 Å². The van der Waals surface area contributed by atoms with Crippen molar-refractivity contribution in [2.24, 2.45) is 0 Å². The highest BCUT2D eigenvalue weighted by molar-refractivity contribution is 7.98. The number of ether oxygens (including phenoxy) is 2. The lowest BCUT2D eigenvalue weighted by Gasteiger charge is -2.10. The highest BCUT2D eigenvalue weighted by Gasteiger charge is 2.15. The maximum Gasteiger partial charge on any atom is 0.276 e. The molecule has 0 atom stereocenters. The fourth-order valence-electron chi connectivity index (χ4n) is 2.70. The number of hydrogen-bond acceptors (Lipinski definition) is 10. The van der Waals surface area contributed by atoms with Crippen LogP contribution in [0.4, 0.5) is 0 Å². The molecular weight excluding hydrogens is 428 g/mol. The smallest absolute Gasteiger partial charge is 0.276 e. The highest BCUT2D eigenvalue weighted by atomic mass is 32.2. The van der Waals surface area contributed by atoms with Crippen molar-refractivity contribution in [2.45, 2.75) is 24.3 Å². The molecule has 0 unspecified atom stereocenters. The summed E-state index contributed by atoms with van der Waals surface area (Å²) >= 11 is 4.64. The number of para-hydroxylation sites is 1. The van der Waals surface area contributed by atoms with E-state index < -0.39 is 0 Å². The van der Waals surface area contributed by atoms with Crippen LogP contribution in [0.25, 0.3) is 10.6 Å². The Morgan fingerprint density at radius 2 is 1.90 bits per heavy atom. The first kappa shape index (κ1) is 19.9. The first-order chi connectivity index (χ1) is 14.2. The summed E-state index contributed by atoms with van der Waals surface area (Å²) in [5.41, 5.74) is 2.80. The van der Waals surface area contributed by atoms with Gasteiger partial charge >= 0.3 is 0 Å². The summed E-state index contributed by atoms with van der Waals surface area (Å²) in [4.78, 5) is 9.14. The molecule has 0 bridgehead atoms. The lowest BCUT2D eigenvalue weighted by Crippen LogP contribution is -1.93. The molecule has 150 valence electrons. The van der Waals surface area contributed by atoms with Crippen molar-refractivity contribution in [3.63, 3.8) is 0 Å². The van der Waals surface area contributed by atoms with Gasteiger partial charge in [0.15, 0.2) is 11.5 Å². The van der Waals surface area contributed by atoms with Gasteiger partial charge in [-0.3, -0.25) is 0 Å². The van der Waals surface area contributed by atoms with E-state index in [0.29, 0.717) is 34.8 Å². The van der Waals surface area contributed by atoms with Crippen LogP contribution in [0.3, 0.4) is 0 Å². The fraction of sp³-hybridized carbons (Fsp3) is 0.263. The van der Waals surface area contributed by atoms with Crippen LogP contribution in [0.5, 0.6) is 11.5 Å². The molecule has 29 heavy (non-hydrogen) atoms. The summed E-state index contributed by atoms with van der Waals surface area (Å²) in [7, 11) is 3.26. The number of aromatic nitrogens is 4. The summed E-state index contributed by atoms with van der Waals surface area (Å²) in [6, 6.07) is 5.77. The molecule has 10 heteroatoms. The van der Waals surface area contributed by atoms with Crippen LogP contribution in [0, 0.1) is 6.92 Å². The number of thiazole rings is 2. The third-order valence-electron chi connectivity index (χ3n) is 3.98. The number of nitrogens with zero attached hydrogens (tertiary/aromatic N) is 4. The largest absolute Gasteiger partial charge is 0.493 e.